The molecule has 2 heterocycles. The van der Waals surface area contributed by atoms with E-state index in [2.05, 4.69) is 27.4 Å². The number of urea groups is 1. The van der Waals surface area contributed by atoms with Crippen LogP contribution < -0.4 is 15.5 Å². The number of hydrogen-bond donors (Lipinski definition) is 2. The first-order valence-electron chi connectivity index (χ1n) is 8.95. The molecule has 0 unspecified atom stereocenters. The van der Waals surface area contributed by atoms with Gasteiger partial charge in [-0.05, 0) is 25.0 Å². The van der Waals surface area contributed by atoms with E-state index < -0.39 is 0 Å². The first kappa shape index (κ1) is 19.0. The molecule has 1 aromatic rings. The summed E-state index contributed by atoms with van der Waals surface area (Å²) < 4.78 is 0. The van der Waals surface area contributed by atoms with E-state index in [-0.39, 0.29) is 17.9 Å². The molecular weight excluding hydrogens is 318 g/mol. The highest BCUT2D eigenvalue weighted by Crippen LogP contribution is 2.19. The molecule has 25 heavy (non-hydrogen) atoms. The van der Waals surface area contributed by atoms with Gasteiger partial charge in [0.25, 0.3) is 0 Å². The van der Waals surface area contributed by atoms with Gasteiger partial charge in [-0.25, -0.2) is 4.79 Å². The summed E-state index contributed by atoms with van der Waals surface area (Å²) in [4.78, 5) is 32.0. The Labute approximate surface area is 149 Å². The van der Waals surface area contributed by atoms with Crippen molar-refractivity contribution in [3.8, 4) is 0 Å². The quantitative estimate of drug-likeness (QED) is 0.762. The van der Waals surface area contributed by atoms with E-state index in [0.29, 0.717) is 26.2 Å². The lowest BCUT2D eigenvalue weighted by Gasteiger charge is -2.36. The third-order valence-electron chi connectivity index (χ3n) is 4.37. The van der Waals surface area contributed by atoms with Crippen molar-refractivity contribution in [2.75, 3.05) is 44.2 Å². The van der Waals surface area contributed by atoms with Gasteiger partial charge >= 0.3 is 6.03 Å². The van der Waals surface area contributed by atoms with E-state index in [1.54, 1.807) is 6.20 Å². The second-order valence-electron chi connectivity index (χ2n) is 6.67. The number of aromatic nitrogens is 1. The summed E-state index contributed by atoms with van der Waals surface area (Å²) in [6.07, 6.45) is 4.42. The normalized spacial score (nSPS) is 14.6. The molecular formula is C18H29N5O2. The Morgan fingerprint density at radius 1 is 1.16 bits per heavy atom. The van der Waals surface area contributed by atoms with E-state index in [1.165, 1.54) is 5.56 Å². The topological polar surface area (TPSA) is 77.6 Å². The number of pyridine rings is 1. The van der Waals surface area contributed by atoms with Crippen LogP contribution in [0.1, 0.15) is 25.8 Å². The number of nitrogens with zero attached hydrogens (tertiary/aromatic N) is 3. The molecule has 7 heteroatoms. The van der Waals surface area contributed by atoms with Crippen molar-refractivity contribution in [3.63, 3.8) is 0 Å². The molecule has 2 rings (SSSR count). The van der Waals surface area contributed by atoms with Gasteiger partial charge < -0.3 is 20.4 Å². The number of piperazine rings is 1. The molecule has 0 aliphatic carbocycles. The van der Waals surface area contributed by atoms with Crippen LogP contribution in [0, 0.1) is 12.8 Å². The highest BCUT2D eigenvalue weighted by molar-refractivity contribution is 5.77. The minimum absolute atomic E-state index is 0.00524. The number of carbonyl (C=O) groups excluding carboxylic acids is 2. The molecule has 1 saturated heterocycles. The highest BCUT2D eigenvalue weighted by atomic mass is 16.2. The van der Waals surface area contributed by atoms with Crippen molar-refractivity contribution in [2.45, 2.75) is 27.2 Å². The number of nitrogens with one attached hydrogen (secondary N) is 2. The standard InChI is InChI=1S/C18H29N5O2/c1-14(2)17(24)20-6-4-7-21-18(25)23-11-9-22(10-12-23)16-13-19-8-5-15(16)3/h5,8,13-14H,4,6-7,9-12H2,1-3H3,(H,20,24)(H,21,25). The minimum Gasteiger partial charge on any atom is -0.367 e. The highest BCUT2D eigenvalue weighted by Gasteiger charge is 2.21. The molecule has 1 fully saturated rings. The lowest BCUT2D eigenvalue weighted by molar-refractivity contribution is -0.123. The van der Waals surface area contributed by atoms with Crippen molar-refractivity contribution in [1.82, 2.24) is 20.5 Å². The Morgan fingerprint density at radius 3 is 2.48 bits per heavy atom. The van der Waals surface area contributed by atoms with Crippen molar-refractivity contribution < 1.29 is 9.59 Å². The van der Waals surface area contributed by atoms with Crippen LogP contribution >= 0.6 is 0 Å². The fraction of sp³-hybridized carbons (Fsp3) is 0.611. The van der Waals surface area contributed by atoms with Gasteiger partial charge in [0.2, 0.25) is 5.91 Å². The van der Waals surface area contributed by atoms with E-state index in [4.69, 9.17) is 0 Å². The Bertz CT molecular complexity index is 583. The monoisotopic (exact) mass is 347 g/mol. The summed E-state index contributed by atoms with van der Waals surface area (Å²) in [6.45, 7) is 9.98. The fourth-order valence-electron chi connectivity index (χ4n) is 2.75. The molecule has 0 spiro atoms. The summed E-state index contributed by atoms with van der Waals surface area (Å²) in [5.41, 5.74) is 2.35. The average molecular weight is 347 g/mol. The maximum Gasteiger partial charge on any atom is 0.317 e. The van der Waals surface area contributed by atoms with Crippen LogP contribution in [0.5, 0.6) is 0 Å². The number of anilines is 1. The van der Waals surface area contributed by atoms with Crippen molar-refractivity contribution in [2.24, 2.45) is 5.92 Å². The van der Waals surface area contributed by atoms with Crippen LogP contribution in [0.4, 0.5) is 10.5 Å². The second kappa shape index (κ2) is 9.25. The lowest BCUT2D eigenvalue weighted by atomic mass is 10.2. The summed E-state index contributed by atoms with van der Waals surface area (Å²) >= 11 is 0. The smallest absolute Gasteiger partial charge is 0.317 e. The fourth-order valence-corrected chi connectivity index (χ4v) is 2.75. The molecule has 0 radical (unpaired) electrons. The van der Waals surface area contributed by atoms with E-state index in [0.717, 1.165) is 25.2 Å². The van der Waals surface area contributed by atoms with Crippen molar-refractivity contribution >= 4 is 17.6 Å². The predicted molar refractivity (Wildman–Crippen MR) is 98.6 cm³/mol. The van der Waals surface area contributed by atoms with Gasteiger partial charge in [0.1, 0.15) is 0 Å². The molecule has 3 amide bonds. The SMILES string of the molecule is Cc1ccncc1N1CCN(C(=O)NCCCNC(=O)C(C)C)CC1. The largest absolute Gasteiger partial charge is 0.367 e. The predicted octanol–water partition coefficient (Wildman–Crippen LogP) is 1.38. The Kier molecular flexibility index (Phi) is 7.03. The second-order valence-corrected chi connectivity index (χ2v) is 6.67. The van der Waals surface area contributed by atoms with Crippen molar-refractivity contribution in [3.05, 3.63) is 24.0 Å². The zero-order chi connectivity index (χ0) is 18.2. The third kappa shape index (κ3) is 5.62. The van der Waals surface area contributed by atoms with Gasteiger partial charge in [-0.2, -0.15) is 0 Å². The molecule has 7 nitrogen and oxygen atoms in total. The van der Waals surface area contributed by atoms with Crippen LogP contribution in [-0.4, -0.2) is 61.1 Å². The molecule has 1 aromatic heterocycles. The molecule has 2 N–H and O–H groups in total. The molecule has 0 atom stereocenters. The van der Waals surface area contributed by atoms with E-state index >= 15 is 0 Å². The number of carbonyl (C=O) groups is 2. The number of hydrogen-bond acceptors (Lipinski definition) is 4. The Morgan fingerprint density at radius 2 is 1.84 bits per heavy atom. The van der Waals surface area contributed by atoms with Gasteiger partial charge in [-0.15, -0.1) is 0 Å². The van der Waals surface area contributed by atoms with Gasteiger partial charge in [0.15, 0.2) is 0 Å². The molecule has 0 bridgehead atoms. The van der Waals surface area contributed by atoms with Crippen LogP contribution in [0.3, 0.4) is 0 Å². The summed E-state index contributed by atoms with van der Waals surface area (Å²) in [5.74, 6) is 0.0440. The first-order chi connectivity index (χ1) is 12.0. The summed E-state index contributed by atoms with van der Waals surface area (Å²) in [5, 5.41) is 5.77. The maximum absolute atomic E-state index is 12.2. The zero-order valence-corrected chi connectivity index (χ0v) is 15.4. The van der Waals surface area contributed by atoms with Gasteiger partial charge in [0, 0.05) is 51.4 Å². The van der Waals surface area contributed by atoms with E-state index in [1.807, 2.05) is 31.0 Å². The third-order valence-corrected chi connectivity index (χ3v) is 4.37. The number of amides is 3. The Hall–Kier alpha value is -2.31. The maximum atomic E-state index is 12.2. The van der Waals surface area contributed by atoms with Crippen LogP contribution in [0.15, 0.2) is 18.5 Å². The zero-order valence-electron chi connectivity index (χ0n) is 15.4. The summed E-state index contributed by atoms with van der Waals surface area (Å²) in [6, 6.07) is 1.98. The first-order valence-corrected chi connectivity index (χ1v) is 8.95. The molecule has 0 saturated carbocycles. The van der Waals surface area contributed by atoms with Gasteiger partial charge in [-0.3, -0.25) is 9.78 Å². The number of rotatable bonds is 6. The number of aryl methyl sites for hydroxylation is 1. The van der Waals surface area contributed by atoms with Crippen LogP contribution in [0.2, 0.25) is 0 Å². The minimum atomic E-state index is -0.0299. The Balaban J connectivity index is 1.66. The van der Waals surface area contributed by atoms with E-state index in [9.17, 15) is 9.59 Å². The summed E-state index contributed by atoms with van der Waals surface area (Å²) in [7, 11) is 0. The molecule has 0 aromatic carbocycles. The van der Waals surface area contributed by atoms with Crippen LogP contribution in [-0.2, 0) is 4.79 Å². The molecule has 1 aliphatic heterocycles. The van der Waals surface area contributed by atoms with Gasteiger partial charge in [-0.1, -0.05) is 13.8 Å². The average Bonchev–Trinajstić information content (AvgIpc) is 2.61. The van der Waals surface area contributed by atoms with Gasteiger partial charge in [0.05, 0.1) is 11.9 Å². The van der Waals surface area contributed by atoms with Crippen molar-refractivity contribution in [1.29, 1.82) is 0 Å². The molecule has 1 aliphatic rings. The van der Waals surface area contributed by atoms with Crippen LogP contribution in [0.25, 0.3) is 0 Å². The molecule has 138 valence electrons. The lowest BCUT2D eigenvalue weighted by Crippen LogP contribution is -2.52.